The van der Waals surface area contributed by atoms with Crippen LogP contribution in [0.2, 0.25) is 0 Å². The van der Waals surface area contributed by atoms with Crippen LogP contribution in [0.15, 0.2) is 0 Å². The monoisotopic (exact) mass is 372 g/mol. The molecule has 10 heteroatoms. The molecule has 1 rings (SSSR count). The molecule has 1 fully saturated rings. The smallest absolute Gasteiger partial charge is 0.323 e. The normalized spacial score (nSPS) is 33.6. The predicted octanol–water partition coefficient (Wildman–Crippen LogP) is -0.278. The Balaban J connectivity index is 3.04. The Labute approximate surface area is 144 Å². The lowest BCUT2D eigenvalue weighted by Gasteiger charge is -2.42. The van der Waals surface area contributed by atoms with Crippen LogP contribution in [0, 0.1) is 0 Å². The summed E-state index contributed by atoms with van der Waals surface area (Å²) in [6.45, 7) is 2.91. The predicted molar refractivity (Wildman–Crippen MR) is 83.1 cm³/mol. The average Bonchev–Trinajstić information content (AvgIpc) is 2.50. The first-order valence-corrected chi connectivity index (χ1v) is 8.00. The van der Waals surface area contributed by atoms with E-state index >= 15 is 0 Å². The van der Waals surface area contributed by atoms with E-state index in [0.717, 1.165) is 0 Å². The van der Waals surface area contributed by atoms with E-state index in [9.17, 15) is 9.59 Å². The number of methoxy groups -OCH3 is 1. The van der Waals surface area contributed by atoms with E-state index in [4.69, 9.17) is 53.6 Å². The minimum atomic E-state index is -1.09. The molecule has 0 bridgehead atoms. The second-order valence-electron chi connectivity index (χ2n) is 5.26. The van der Waals surface area contributed by atoms with Gasteiger partial charge in [0.2, 0.25) is 0 Å². The summed E-state index contributed by atoms with van der Waals surface area (Å²) < 4.78 is 21.2. The zero-order valence-corrected chi connectivity index (χ0v) is 14.6. The lowest BCUT2D eigenvalue weighted by Crippen LogP contribution is -2.60. The van der Waals surface area contributed by atoms with Crippen LogP contribution >= 0.6 is 23.2 Å². The third-order valence-electron chi connectivity index (χ3n) is 3.20. The van der Waals surface area contributed by atoms with Gasteiger partial charge in [0.1, 0.15) is 17.5 Å². The maximum atomic E-state index is 11.8. The minimum absolute atomic E-state index is 0.0359. The van der Waals surface area contributed by atoms with Gasteiger partial charge in [-0.25, -0.2) is 0 Å². The van der Waals surface area contributed by atoms with Gasteiger partial charge >= 0.3 is 11.9 Å². The summed E-state index contributed by atoms with van der Waals surface area (Å²) in [6.07, 6.45) is -3.81. The summed E-state index contributed by atoms with van der Waals surface area (Å²) in [5.74, 6) is -1.38. The van der Waals surface area contributed by atoms with Crippen LogP contribution in [0.4, 0.5) is 0 Å². The van der Waals surface area contributed by atoms with Gasteiger partial charge in [-0.05, 0) is 13.8 Å². The summed E-state index contributed by atoms with van der Waals surface area (Å²) in [5.41, 5.74) is 11.0. The Kier molecular flexibility index (Phi) is 7.99. The molecular formula is C13H22Cl2N2O6. The maximum Gasteiger partial charge on any atom is 0.323 e. The molecule has 134 valence electrons. The largest absolute Gasteiger partial charge is 0.455 e. The van der Waals surface area contributed by atoms with Gasteiger partial charge in [-0.15, -0.1) is 23.2 Å². The van der Waals surface area contributed by atoms with E-state index in [-0.39, 0.29) is 5.88 Å². The van der Waals surface area contributed by atoms with E-state index in [2.05, 4.69) is 0 Å². The maximum absolute atomic E-state index is 11.8. The Bertz CT molecular complexity index is 423. The number of rotatable bonds is 6. The summed E-state index contributed by atoms with van der Waals surface area (Å²) in [4.78, 5) is 23.6. The van der Waals surface area contributed by atoms with E-state index in [1.165, 1.54) is 21.0 Å². The summed E-state index contributed by atoms with van der Waals surface area (Å²) in [5, 5.41) is -0.854. The van der Waals surface area contributed by atoms with Gasteiger partial charge in [0, 0.05) is 7.11 Å². The molecular weight excluding hydrogens is 351 g/mol. The quantitative estimate of drug-likeness (QED) is 0.482. The minimum Gasteiger partial charge on any atom is -0.455 e. The van der Waals surface area contributed by atoms with Crippen LogP contribution < -0.4 is 11.5 Å². The molecule has 0 spiro atoms. The van der Waals surface area contributed by atoms with Crippen molar-refractivity contribution in [2.75, 3.05) is 13.0 Å². The highest BCUT2D eigenvalue weighted by atomic mass is 35.5. The molecule has 0 aromatic heterocycles. The number of halogens is 2. The van der Waals surface area contributed by atoms with E-state index < -0.39 is 54.0 Å². The fraction of sp³-hybridized carbons (Fsp3) is 0.846. The lowest BCUT2D eigenvalue weighted by molar-refractivity contribution is -0.263. The van der Waals surface area contributed by atoms with Gasteiger partial charge < -0.3 is 30.4 Å². The van der Waals surface area contributed by atoms with Crippen molar-refractivity contribution in [1.29, 1.82) is 0 Å². The molecule has 0 radical (unpaired) electrons. The second-order valence-corrected chi connectivity index (χ2v) is 6.07. The van der Waals surface area contributed by atoms with Gasteiger partial charge in [0.15, 0.2) is 18.5 Å². The van der Waals surface area contributed by atoms with Crippen molar-refractivity contribution in [1.82, 2.24) is 0 Å². The average molecular weight is 373 g/mol. The lowest BCUT2D eigenvalue weighted by atomic mass is 10.0. The molecule has 0 aliphatic carbocycles. The Morgan fingerprint density at radius 3 is 2.00 bits per heavy atom. The molecule has 1 heterocycles. The van der Waals surface area contributed by atoms with Crippen molar-refractivity contribution < 1.29 is 28.5 Å². The Morgan fingerprint density at radius 1 is 1.13 bits per heavy atom. The zero-order valence-electron chi connectivity index (χ0n) is 13.1. The van der Waals surface area contributed by atoms with Crippen molar-refractivity contribution >= 4 is 35.1 Å². The van der Waals surface area contributed by atoms with Crippen LogP contribution in [0.5, 0.6) is 0 Å². The first kappa shape index (κ1) is 20.4. The second kappa shape index (κ2) is 9.00. The van der Waals surface area contributed by atoms with Crippen molar-refractivity contribution in [2.24, 2.45) is 11.5 Å². The van der Waals surface area contributed by atoms with Crippen molar-refractivity contribution in [2.45, 2.75) is 55.9 Å². The van der Waals surface area contributed by atoms with E-state index in [1.54, 1.807) is 0 Å². The molecule has 7 atom stereocenters. The highest BCUT2D eigenvalue weighted by molar-refractivity contribution is 6.23. The Morgan fingerprint density at radius 2 is 1.61 bits per heavy atom. The van der Waals surface area contributed by atoms with Crippen molar-refractivity contribution in [3.63, 3.8) is 0 Å². The molecule has 1 aliphatic heterocycles. The molecule has 0 amide bonds. The molecule has 0 aromatic rings. The first-order chi connectivity index (χ1) is 10.7. The fourth-order valence-corrected chi connectivity index (χ4v) is 2.62. The highest BCUT2D eigenvalue weighted by Gasteiger charge is 2.50. The zero-order chi connectivity index (χ0) is 17.7. The van der Waals surface area contributed by atoms with Crippen LogP contribution in [0.3, 0.4) is 0 Å². The molecule has 0 unspecified atom stereocenters. The standard InChI is InChI=1S/C13H22Cl2N2O6/c1-5(16)11(18)22-9-8(15)7(4-14)21-13(20-3)10(9)23-12(19)6(2)17/h5-10,13H,4,16-17H2,1-3H3/t5-,6-,7+,8+,9-,10+,13-/m0/s1. The Hall–Kier alpha value is -0.640. The van der Waals surface area contributed by atoms with Gasteiger partial charge in [-0.3, -0.25) is 9.59 Å². The number of hydrogen-bond donors (Lipinski definition) is 2. The van der Waals surface area contributed by atoms with Crippen molar-refractivity contribution in [3.05, 3.63) is 0 Å². The fourth-order valence-electron chi connectivity index (χ4n) is 1.92. The molecule has 0 saturated carbocycles. The van der Waals surface area contributed by atoms with Gasteiger partial charge in [-0.2, -0.15) is 0 Å². The SMILES string of the molecule is CO[C@H]1O[C@H](CCl)[C@@H](Cl)[C@H](OC(=O)[C@H](C)N)[C@H]1OC(=O)[C@H](C)N. The molecule has 23 heavy (non-hydrogen) atoms. The van der Waals surface area contributed by atoms with Crippen LogP contribution in [0.1, 0.15) is 13.8 Å². The number of carbonyl (C=O) groups is 2. The third kappa shape index (κ3) is 5.17. The first-order valence-electron chi connectivity index (χ1n) is 7.03. The number of esters is 2. The molecule has 4 N–H and O–H groups in total. The number of hydrogen-bond acceptors (Lipinski definition) is 8. The third-order valence-corrected chi connectivity index (χ3v) is 4.04. The van der Waals surface area contributed by atoms with Gasteiger partial charge in [0.05, 0.1) is 12.0 Å². The highest BCUT2D eigenvalue weighted by Crippen LogP contribution is 2.31. The van der Waals surface area contributed by atoms with Gasteiger partial charge in [0.25, 0.3) is 0 Å². The van der Waals surface area contributed by atoms with Crippen LogP contribution in [-0.4, -0.2) is 67.0 Å². The summed E-state index contributed by atoms with van der Waals surface area (Å²) in [6, 6.07) is -1.75. The molecule has 0 aromatic carbocycles. The van der Waals surface area contributed by atoms with E-state index in [1.807, 2.05) is 0 Å². The van der Waals surface area contributed by atoms with Crippen molar-refractivity contribution in [3.8, 4) is 0 Å². The molecule has 1 aliphatic rings. The molecule has 1 saturated heterocycles. The number of nitrogens with two attached hydrogens (primary N) is 2. The summed E-state index contributed by atoms with van der Waals surface area (Å²) in [7, 11) is 1.35. The number of alkyl halides is 2. The van der Waals surface area contributed by atoms with E-state index in [0.29, 0.717) is 0 Å². The number of carbonyl (C=O) groups excluding carboxylic acids is 2. The van der Waals surface area contributed by atoms with Crippen LogP contribution in [-0.2, 0) is 28.5 Å². The molecule has 8 nitrogen and oxygen atoms in total. The number of ether oxygens (including phenoxy) is 4. The van der Waals surface area contributed by atoms with Gasteiger partial charge in [-0.1, -0.05) is 0 Å². The van der Waals surface area contributed by atoms with Crippen LogP contribution in [0.25, 0.3) is 0 Å². The summed E-state index contributed by atoms with van der Waals surface area (Å²) >= 11 is 12.1. The topological polar surface area (TPSA) is 123 Å².